The summed E-state index contributed by atoms with van der Waals surface area (Å²) >= 11 is 5.74. The highest BCUT2D eigenvalue weighted by Gasteiger charge is 2.14. The largest absolute Gasteiger partial charge is 0.506 e. The molecule has 0 aliphatic rings. The minimum Gasteiger partial charge on any atom is -0.506 e. The molecule has 0 saturated carbocycles. The van der Waals surface area contributed by atoms with Crippen molar-refractivity contribution in [2.75, 3.05) is 6.61 Å². The Kier molecular flexibility index (Phi) is 4.02. The molecule has 22 heavy (non-hydrogen) atoms. The maximum Gasteiger partial charge on any atom is 0.342 e. The van der Waals surface area contributed by atoms with Crippen LogP contribution in [0.25, 0.3) is 11.0 Å². The summed E-state index contributed by atoms with van der Waals surface area (Å²) in [6, 6.07) is 12.2. The third-order valence-corrected chi connectivity index (χ3v) is 3.65. The number of esters is 1. The van der Waals surface area contributed by atoms with Crippen LogP contribution in [0.15, 0.2) is 53.1 Å². The van der Waals surface area contributed by atoms with E-state index in [0.29, 0.717) is 22.6 Å². The van der Waals surface area contributed by atoms with E-state index in [4.69, 9.17) is 20.8 Å². The zero-order chi connectivity index (χ0) is 15.5. The van der Waals surface area contributed by atoms with E-state index < -0.39 is 5.97 Å². The van der Waals surface area contributed by atoms with Gasteiger partial charge in [-0.15, -0.1) is 0 Å². The van der Waals surface area contributed by atoms with Gasteiger partial charge in [0.05, 0.1) is 11.6 Å². The van der Waals surface area contributed by atoms with Gasteiger partial charge in [-0.25, -0.2) is 4.79 Å². The Labute approximate surface area is 131 Å². The lowest BCUT2D eigenvalue weighted by Crippen LogP contribution is -2.07. The minimum absolute atomic E-state index is 0.0197. The number of halogens is 1. The quantitative estimate of drug-likeness (QED) is 0.733. The Morgan fingerprint density at radius 3 is 2.86 bits per heavy atom. The average molecular weight is 317 g/mol. The zero-order valence-corrected chi connectivity index (χ0v) is 12.3. The molecule has 4 nitrogen and oxygen atoms in total. The van der Waals surface area contributed by atoms with E-state index in [9.17, 15) is 9.90 Å². The highest BCUT2D eigenvalue weighted by molar-refractivity contribution is 6.32. The fourth-order valence-corrected chi connectivity index (χ4v) is 2.31. The third-order valence-electron chi connectivity index (χ3n) is 3.34. The van der Waals surface area contributed by atoms with Gasteiger partial charge >= 0.3 is 5.97 Å². The van der Waals surface area contributed by atoms with Crippen LogP contribution in [0.4, 0.5) is 0 Å². The number of para-hydroxylation sites is 1. The third kappa shape index (κ3) is 2.92. The van der Waals surface area contributed by atoms with E-state index in [2.05, 4.69) is 0 Å². The van der Waals surface area contributed by atoms with Gasteiger partial charge in [0.25, 0.3) is 0 Å². The van der Waals surface area contributed by atoms with Crippen molar-refractivity contribution in [2.45, 2.75) is 6.42 Å². The van der Waals surface area contributed by atoms with E-state index in [1.54, 1.807) is 24.3 Å². The predicted molar refractivity (Wildman–Crippen MR) is 83.3 cm³/mol. The van der Waals surface area contributed by atoms with Gasteiger partial charge in [-0.05, 0) is 23.8 Å². The first kappa shape index (κ1) is 14.5. The van der Waals surface area contributed by atoms with Crippen molar-refractivity contribution >= 4 is 28.5 Å². The van der Waals surface area contributed by atoms with Crippen LogP contribution < -0.4 is 0 Å². The van der Waals surface area contributed by atoms with Gasteiger partial charge in [0.15, 0.2) is 0 Å². The molecule has 0 atom stereocenters. The molecule has 0 aliphatic carbocycles. The molecule has 0 amide bonds. The summed E-state index contributed by atoms with van der Waals surface area (Å²) in [4.78, 5) is 12.1. The number of carbonyl (C=O) groups is 1. The average Bonchev–Trinajstić information content (AvgIpc) is 2.95. The maximum absolute atomic E-state index is 12.1. The fourth-order valence-electron chi connectivity index (χ4n) is 2.19. The monoisotopic (exact) mass is 316 g/mol. The van der Waals surface area contributed by atoms with E-state index in [1.807, 2.05) is 18.2 Å². The summed E-state index contributed by atoms with van der Waals surface area (Å²) in [5.74, 6) is -0.408. The van der Waals surface area contributed by atoms with Gasteiger partial charge in [0.2, 0.25) is 0 Å². The van der Waals surface area contributed by atoms with Crippen LogP contribution in [-0.2, 0) is 11.2 Å². The van der Waals surface area contributed by atoms with Crippen LogP contribution in [0.2, 0.25) is 5.02 Å². The minimum atomic E-state index is -0.428. The summed E-state index contributed by atoms with van der Waals surface area (Å²) < 4.78 is 10.6. The second-order valence-corrected chi connectivity index (χ2v) is 5.22. The van der Waals surface area contributed by atoms with E-state index in [1.165, 1.54) is 6.26 Å². The molecule has 0 radical (unpaired) electrons. The first-order valence-electron chi connectivity index (χ1n) is 6.76. The molecule has 1 heterocycles. The molecule has 112 valence electrons. The smallest absolute Gasteiger partial charge is 0.342 e. The Morgan fingerprint density at radius 1 is 1.23 bits per heavy atom. The van der Waals surface area contributed by atoms with Gasteiger partial charge in [-0.2, -0.15) is 0 Å². The standard InChI is InChI=1S/C17H13ClO4/c18-14-6-5-11(9-15(14)19)7-8-21-17(20)13-10-22-16-4-2-1-3-12(13)16/h1-6,9-10,19H,7-8H2. The van der Waals surface area contributed by atoms with Crippen molar-refractivity contribution < 1.29 is 19.1 Å². The second-order valence-electron chi connectivity index (χ2n) is 4.82. The number of ether oxygens (including phenoxy) is 1. The number of carbonyl (C=O) groups excluding carboxylic acids is 1. The molecule has 3 rings (SSSR count). The van der Waals surface area contributed by atoms with Crippen LogP contribution in [0.5, 0.6) is 5.75 Å². The lowest BCUT2D eigenvalue weighted by Gasteiger charge is -2.05. The highest BCUT2D eigenvalue weighted by Crippen LogP contribution is 2.24. The first-order chi connectivity index (χ1) is 10.6. The molecule has 1 aromatic heterocycles. The fraction of sp³-hybridized carbons (Fsp3) is 0.118. The highest BCUT2D eigenvalue weighted by atomic mass is 35.5. The number of phenols is 1. The van der Waals surface area contributed by atoms with Gasteiger partial charge in [-0.3, -0.25) is 0 Å². The SMILES string of the molecule is O=C(OCCc1ccc(Cl)c(O)c1)c1coc2ccccc12. The molecule has 3 aromatic rings. The summed E-state index contributed by atoms with van der Waals surface area (Å²) in [5.41, 5.74) is 1.90. The van der Waals surface area contributed by atoms with E-state index in [-0.39, 0.29) is 12.4 Å². The number of aromatic hydroxyl groups is 1. The van der Waals surface area contributed by atoms with Gasteiger partial charge in [0.1, 0.15) is 23.2 Å². The Morgan fingerprint density at radius 2 is 2.05 bits per heavy atom. The molecule has 0 aliphatic heterocycles. The molecule has 5 heteroatoms. The number of hydrogen-bond acceptors (Lipinski definition) is 4. The summed E-state index contributed by atoms with van der Waals surface area (Å²) in [5, 5.41) is 10.6. The van der Waals surface area contributed by atoms with E-state index in [0.717, 1.165) is 10.9 Å². The molecule has 0 unspecified atom stereocenters. The van der Waals surface area contributed by atoms with Crippen molar-refractivity contribution in [3.63, 3.8) is 0 Å². The second kappa shape index (κ2) is 6.12. The number of rotatable bonds is 4. The summed E-state index contributed by atoms with van der Waals surface area (Å²) in [7, 11) is 0. The summed E-state index contributed by atoms with van der Waals surface area (Å²) in [6.45, 7) is 0.208. The van der Waals surface area contributed by atoms with Crippen LogP contribution in [0.3, 0.4) is 0 Å². The van der Waals surface area contributed by atoms with Crippen LogP contribution >= 0.6 is 11.6 Å². The maximum atomic E-state index is 12.1. The number of furan rings is 1. The van der Waals surface area contributed by atoms with Gasteiger partial charge in [-0.1, -0.05) is 35.9 Å². The Bertz CT molecular complexity index is 822. The lowest BCUT2D eigenvalue weighted by molar-refractivity contribution is 0.0510. The lowest BCUT2D eigenvalue weighted by atomic mass is 10.1. The normalized spacial score (nSPS) is 10.8. The molecule has 2 aromatic carbocycles. The first-order valence-corrected chi connectivity index (χ1v) is 7.13. The molecule has 1 N–H and O–H groups in total. The Balaban J connectivity index is 1.64. The van der Waals surface area contributed by atoms with Crippen LogP contribution in [-0.4, -0.2) is 17.7 Å². The molecule has 0 spiro atoms. The van der Waals surface area contributed by atoms with Crippen molar-refractivity contribution in [1.82, 2.24) is 0 Å². The van der Waals surface area contributed by atoms with Crippen LogP contribution in [0, 0.1) is 0 Å². The van der Waals surface area contributed by atoms with Gasteiger partial charge in [0, 0.05) is 11.8 Å². The van der Waals surface area contributed by atoms with E-state index >= 15 is 0 Å². The number of hydrogen-bond donors (Lipinski definition) is 1. The van der Waals surface area contributed by atoms with Crippen molar-refractivity contribution in [3.8, 4) is 5.75 Å². The number of benzene rings is 2. The molecular weight excluding hydrogens is 304 g/mol. The van der Waals surface area contributed by atoms with Crippen molar-refractivity contribution in [3.05, 3.63) is 64.9 Å². The summed E-state index contributed by atoms with van der Waals surface area (Å²) in [6.07, 6.45) is 1.90. The Hall–Kier alpha value is -2.46. The topological polar surface area (TPSA) is 59.7 Å². The van der Waals surface area contributed by atoms with Crippen molar-refractivity contribution in [2.24, 2.45) is 0 Å². The molecular formula is C17H13ClO4. The van der Waals surface area contributed by atoms with Crippen molar-refractivity contribution in [1.29, 1.82) is 0 Å². The number of phenolic OH excluding ortho intramolecular Hbond substituents is 1. The predicted octanol–water partition coefficient (Wildman–Crippen LogP) is 4.19. The zero-order valence-electron chi connectivity index (χ0n) is 11.6. The molecule has 0 saturated heterocycles. The molecule has 0 bridgehead atoms. The van der Waals surface area contributed by atoms with Crippen LogP contribution in [0.1, 0.15) is 15.9 Å². The molecule has 0 fully saturated rings. The number of fused-ring (bicyclic) bond motifs is 1. The van der Waals surface area contributed by atoms with Gasteiger partial charge < -0.3 is 14.3 Å².